The van der Waals surface area contributed by atoms with Gasteiger partial charge in [-0.1, -0.05) is 108 Å². The molecule has 7 aromatic rings. The highest BCUT2D eigenvalue weighted by atomic mass is 28.1. The summed E-state index contributed by atoms with van der Waals surface area (Å²) >= 11 is 0. The van der Waals surface area contributed by atoms with E-state index in [4.69, 9.17) is 14.2 Å². The first-order chi connectivity index (χ1) is 25.4. The number of carbonyl (C=O) groups excluding carboxylic acids is 3. The third kappa shape index (κ3) is 7.65. The lowest BCUT2D eigenvalue weighted by Crippen LogP contribution is -2.11. The number of hydrogen-bond acceptors (Lipinski definition) is 6. The first-order valence-electron chi connectivity index (χ1n) is 16.4. The molecule has 0 aliphatic carbocycles. The molecule has 0 bridgehead atoms. The summed E-state index contributed by atoms with van der Waals surface area (Å²) < 4.78 is 16.7. The Morgan fingerprint density at radius 2 is 0.673 bits per heavy atom. The molecule has 3 radical (unpaired) electrons. The molecular weight excluding hydrogens is 665 g/mol. The normalized spacial score (nSPS) is 10.6. The zero-order valence-corrected chi connectivity index (χ0v) is 28.7. The quantitative estimate of drug-likeness (QED) is 0.0853. The van der Waals surface area contributed by atoms with Crippen LogP contribution in [-0.2, 0) is 0 Å². The third-order valence-corrected chi connectivity index (χ3v) is 8.73. The molecule has 7 aromatic carbocycles. The van der Waals surface area contributed by atoms with Gasteiger partial charge in [0.1, 0.15) is 17.2 Å². The van der Waals surface area contributed by atoms with Crippen molar-refractivity contribution in [3.05, 3.63) is 193 Å². The monoisotopic (exact) mass is 693 g/mol. The van der Waals surface area contributed by atoms with Crippen LogP contribution in [0.3, 0.4) is 0 Å². The van der Waals surface area contributed by atoms with E-state index in [9.17, 15) is 14.4 Å². The minimum Gasteiger partial charge on any atom is -0.423 e. The molecule has 0 amide bonds. The molecule has 0 aliphatic heterocycles. The summed E-state index contributed by atoms with van der Waals surface area (Å²) in [6, 6.07) is 52.4. The van der Waals surface area contributed by atoms with E-state index < -0.39 is 17.9 Å². The van der Waals surface area contributed by atoms with Gasteiger partial charge >= 0.3 is 17.9 Å². The van der Waals surface area contributed by atoms with Crippen LogP contribution in [0.1, 0.15) is 31.1 Å². The summed E-state index contributed by atoms with van der Waals surface area (Å²) in [5.74, 6) is -0.00795. The summed E-state index contributed by atoms with van der Waals surface area (Å²) in [5.41, 5.74) is 6.36. The number of benzene rings is 7. The average Bonchev–Trinajstić information content (AvgIpc) is 3.19. The maximum Gasteiger partial charge on any atom is 0.343 e. The van der Waals surface area contributed by atoms with Crippen LogP contribution in [0.25, 0.3) is 33.4 Å². The SMILES string of the molecule is O=C(Oc1ccccc1)c1ccc(-c2ccc([Si])c(-c3ccc(C(=O)Oc4ccccc4)cc3)c2-c2ccc(C(=O)Oc3ccccc3)cc2)cc1. The molecule has 52 heavy (non-hydrogen) atoms. The molecule has 7 rings (SSSR count). The van der Waals surface area contributed by atoms with Crippen LogP contribution in [0.15, 0.2) is 176 Å². The minimum absolute atomic E-state index is 0.396. The molecule has 0 aliphatic rings. The molecule has 6 nitrogen and oxygen atoms in total. The topological polar surface area (TPSA) is 78.9 Å². The smallest absolute Gasteiger partial charge is 0.343 e. The Balaban J connectivity index is 1.25. The Labute approximate surface area is 304 Å². The van der Waals surface area contributed by atoms with E-state index in [1.54, 1.807) is 109 Å². The highest BCUT2D eigenvalue weighted by Gasteiger charge is 2.19. The van der Waals surface area contributed by atoms with Crippen LogP contribution in [0.5, 0.6) is 17.2 Å². The lowest BCUT2D eigenvalue weighted by molar-refractivity contribution is 0.0725. The van der Waals surface area contributed by atoms with Gasteiger partial charge in [0.15, 0.2) is 0 Å². The van der Waals surface area contributed by atoms with Gasteiger partial charge in [-0.15, -0.1) is 0 Å². The summed E-state index contributed by atoms with van der Waals surface area (Å²) in [6.45, 7) is 0. The number of hydrogen-bond donors (Lipinski definition) is 0. The predicted molar refractivity (Wildman–Crippen MR) is 202 cm³/mol. The van der Waals surface area contributed by atoms with Gasteiger partial charge in [-0.05, 0) is 106 Å². The second kappa shape index (κ2) is 15.4. The van der Waals surface area contributed by atoms with Crippen molar-refractivity contribution >= 4 is 33.3 Å². The number of ether oxygens (including phenoxy) is 3. The maximum atomic E-state index is 13.0. The van der Waals surface area contributed by atoms with E-state index in [0.717, 1.165) is 38.6 Å². The van der Waals surface area contributed by atoms with Gasteiger partial charge in [-0.2, -0.15) is 0 Å². The van der Waals surface area contributed by atoms with Crippen molar-refractivity contribution in [1.82, 2.24) is 0 Å². The second-order valence-corrected chi connectivity index (χ2v) is 12.3. The van der Waals surface area contributed by atoms with Gasteiger partial charge in [-0.3, -0.25) is 0 Å². The molecule has 0 fully saturated rings. The molecule has 0 saturated heterocycles. The summed E-state index contributed by atoms with van der Waals surface area (Å²) in [5, 5.41) is 0.814. The van der Waals surface area contributed by atoms with Crippen LogP contribution in [-0.4, -0.2) is 28.2 Å². The Hall–Kier alpha value is -6.83. The Morgan fingerprint density at radius 3 is 1.04 bits per heavy atom. The van der Waals surface area contributed by atoms with E-state index in [1.807, 2.05) is 66.7 Å². The third-order valence-electron chi connectivity index (χ3n) is 8.32. The van der Waals surface area contributed by atoms with Gasteiger partial charge in [0.05, 0.1) is 26.9 Å². The molecule has 0 atom stereocenters. The predicted octanol–water partition coefficient (Wildman–Crippen LogP) is 9.14. The molecule has 0 heterocycles. The van der Waals surface area contributed by atoms with Crippen LogP contribution in [0.4, 0.5) is 0 Å². The largest absolute Gasteiger partial charge is 0.423 e. The standard InChI is InChI=1S/C45H29O6Si/c46-43(49-36-10-4-1-5-11-36)33-22-16-30(17-23-33)39-28-29-40(52)42(32-20-26-35(27-21-32)45(48)51-38-14-8-3-9-15-38)41(39)31-18-24-34(25-19-31)44(47)50-37-12-6-2-7-13-37/h1-29H. The molecular formula is C45H29O6Si. The van der Waals surface area contributed by atoms with Crippen molar-refractivity contribution in [3.63, 3.8) is 0 Å². The van der Waals surface area contributed by atoms with Gasteiger partial charge in [0, 0.05) is 0 Å². The molecule has 0 unspecified atom stereocenters. The Kier molecular flexibility index (Phi) is 9.95. The zero-order valence-electron chi connectivity index (χ0n) is 27.7. The van der Waals surface area contributed by atoms with Crippen molar-refractivity contribution in [3.8, 4) is 50.6 Å². The molecule has 249 valence electrons. The number of esters is 3. The second-order valence-electron chi connectivity index (χ2n) is 11.8. The summed E-state index contributed by atoms with van der Waals surface area (Å²) in [6.07, 6.45) is 0. The van der Waals surface area contributed by atoms with Crippen LogP contribution in [0.2, 0.25) is 0 Å². The van der Waals surface area contributed by atoms with Crippen molar-refractivity contribution < 1.29 is 28.6 Å². The van der Waals surface area contributed by atoms with E-state index in [2.05, 4.69) is 10.2 Å². The Bertz CT molecular complexity index is 2340. The molecule has 0 saturated carbocycles. The van der Waals surface area contributed by atoms with Crippen LogP contribution < -0.4 is 19.4 Å². The zero-order chi connectivity index (χ0) is 35.9. The fourth-order valence-electron chi connectivity index (χ4n) is 5.74. The fourth-order valence-corrected chi connectivity index (χ4v) is 6.09. The first kappa shape index (κ1) is 33.7. The molecule has 0 N–H and O–H groups in total. The maximum absolute atomic E-state index is 13.0. The number of carbonyl (C=O) groups is 3. The highest BCUT2D eigenvalue weighted by Crippen LogP contribution is 2.39. The highest BCUT2D eigenvalue weighted by molar-refractivity contribution is 6.37. The van der Waals surface area contributed by atoms with Gasteiger partial charge < -0.3 is 14.2 Å². The van der Waals surface area contributed by atoms with E-state index in [0.29, 0.717) is 33.9 Å². The lowest BCUT2D eigenvalue weighted by Gasteiger charge is -2.19. The molecule has 7 heteroatoms. The number of rotatable bonds is 9. The van der Waals surface area contributed by atoms with Crippen LogP contribution >= 0.6 is 0 Å². The van der Waals surface area contributed by atoms with Crippen molar-refractivity contribution in [1.29, 1.82) is 0 Å². The minimum atomic E-state index is -0.469. The lowest BCUT2D eigenvalue weighted by atomic mass is 9.87. The molecule has 0 aromatic heterocycles. The van der Waals surface area contributed by atoms with E-state index in [-0.39, 0.29) is 0 Å². The van der Waals surface area contributed by atoms with Crippen molar-refractivity contribution in [2.24, 2.45) is 0 Å². The fraction of sp³-hybridized carbons (Fsp3) is 0. The van der Waals surface area contributed by atoms with Crippen molar-refractivity contribution in [2.75, 3.05) is 0 Å². The van der Waals surface area contributed by atoms with E-state index in [1.165, 1.54) is 0 Å². The van der Waals surface area contributed by atoms with Gasteiger partial charge in [-0.25, -0.2) is 14.4 Å². The first-order valence-corrected chi connectivity index (χ1v) is 16.9. The average molecular weight is 694 g/mol. The van der Waals surface area contributed by atoms with Gasteiger partial charge in [0.25, 0.3) is 0 Å². The van der Waals surface area contributed by atoms with Crippen molar-refractivity contribution in [2.45, 2.75) is 0 Å². The molecule has 0 spiro atoms. The Morgan fingerprint density at radius 1 is 0.346 bits per heavy atom. The van der Waals surface area contributed by atoms with E-state index >= 15 is 0 Å². The van der Waals surface area contributed by atoms with Gasteiger partial charge in [0.2, 0.25) is 0 Å². The van der Waals surface area contributed by atoms with Crippen LogP contribution in [0, 0.1) is 0 Å². The number of para-hydroxylation sites is 3. The summed E-state index contributed by atoms with van der Waals surface area (Å²) in [4.78, 5) is 38.8. The summed E-state index contributed by atoms with van der Waals surface area (Å²) in [7, 11) is 3.85.